The normalized spacial score (nSPS) is 11.9. The van der Waals surface area contributed by atoms with Crippen LogP contribution in [0, 0.1) is 10.1 Å². The number of benzene rings is 1. The highest BCUT2D eigenvalue weighted by Crippen LogP contribution is 2.24. The molecule has 0 unspecified atom stereocenters. The number of amides is 2. The molecule has 1 heterocycles. The van der Waals surface area contributed by atoms with Crippen molar-refractivity contribution in [2.24, 2.45) is 0 Å². The summed E-state index contributed by atoms with van der Waals surface area (Å²) in [6, 6.07) is 4.28. The van der Waals surface area contributed by atoms with E-state index < -0.39 is 28.1 Å². The number of aromatic amines is 1. The molecule has 2 amide bonds. The molecule has 0 saturated heterocycles. The van der Waals surface area contributed by atoms with Crippen molar-refractivity contribution in [3.05, 3.63) is 40.1 Å². The SMILES string of the molecule is CC(C)(CNC(=O)OC(C)(C)C)NC(=O)c1c[nH]c2ccc([N+](=O)[O-])cc12. The van der Waals surface area contributed by atoms with E-state index in [-0.39, 0.29) is 12.2 Å². The topological polar surface area (TPSA) is 126 Å². The van der Waals surface area contributed by atoms with Crippen LogP contribution in [0.5, 0.6) is 0 Å². The number of nitro groups is 1. The fraction of sp³-hybridized carbons (Fsp3) is 0.444. The van der Waals surface area contributed by atoms with Gasteiger partial charge in [0.15, 0.2) is 0 Å². The summed E-state index contributed by atoms with van der Waals surface area (Å²) in [5, 5.41) is 16.9. The second-order valence-electron chi connectivity index (χ2n) is 7.88. The molecular formula is C18H24N4O5. The van der Waals surface area contributed by atoms with Gasteiger partial charge in [-0.05, 0) is 40.7 Å². The average molecular weight is 376 g/mol. The molecule has 0 bridgehead atoms. The second kappa shape index (κ2) is 7.26. The quantitative estimate of drug-likeness (QED) is 0.546. The van der Waals surface area contributed by atoms with Gasteiger partial charge in [0.1, 0.15) is 5.60 Å². The number of nitrogens with one attached hydrogen (secondary N) is 3. The van der Waals surface area contributed by atoms with E-state index in [1.165, 1.54) is 18.3 Å². The Balaban J connectivity index is 2.09. The van der Waals surface area contributed by atoms with Crippen molar-refractivity contribution >= 4 is 28.6 Å². The predicted octanol–water partition coefficient (Wildman–Crippen LogP) is 3.11. The molecular weight excluding hydrogens is 352 g/mol. The lowest BCUT2D eigenvalue weighted by atomic mass is 10.0. The second-order valence-corrected chi connectivity index (χ2v) is 7.88. The Kier molecular flexibility index (Phi) is 5.43. The molecule has 0 fully saturated rings. The molecule has 1 aromatic heterocycles. The molecule has 0 atom stereocenters. The van der Waals surface area contributed by atoms with Crippen molar-refractivity contribution in [3.8, 4) is 0 Å². The molecule has 2 aromatic rings. The molecule has 0 radical (unpaired) electrons. The standard InChI is InChI=1S/C18H24N4O5/c1-17(2,3)27-16(24)20-10-18(4,5)21-15(23)13-9-19-14-7-6-11(22(25)26)8-12(13)14/h6-9,19H,10H2,1-5H3,(H,20,24)(H,21,23). The lowest BCUT2D eigenvalue weighted by Crippen LogP contribution is -2.52. The van der Waals surface area contributed by atoms with Gasteiger partial charge in [-0.2, -0.15) is 0 Å². The Morgan fingerprint density at radius 1 is 1.22 bits per heavy atom. The number of fused-ring (bicyclic) bond motifs is 1. The maximum atomic E-state index is 12.6. The van der Waals surface area contributed by atoms with E-state index in [9.17, 15) is 19.7 Å². The smallest absolute Gasteiger partial charge is 0.407 e. The van der Waals surface area contributed by atoms with Gasteiger partial charge in [0, 0.05) is 35.8 Å². The van der Waals surface area contributed by atoms with E-state index in [1.807, 2.05) is 0 Å². The molecule has 146 valence electrons. The summed E-state index contributed by atoms with van der Waals surface area (Å²) in [4.78, 5) is 37.8. The van der Waals surface area contributed by atoms with Crippen molar-refractivity contribution in [3.63, 3.8) is 0 Å². The molecule has 9 nitrogen and oxygen atoms in total. The van der Waals surface area contributed by atoms with Gasteiger partial charge in [0.2, 0.25) is 0 Å². The number of non-ortho nitro benzene ring substituents is 1. The predicted molar refractivity (Wildman–Crippen MR) is 101 cm³/mol. The van der Waals surface area contributed by atoms with Crippen LogP contribution in [-0.2, 0) is 4.74 Å². The third kappa shape index (κ3) is 5.44. The number of nitrogens with zero attached hydrogens (tertiary/aromatic N) is 1. The van der Waals surface area contributed by atoms with Crippen LogP contribution in [0.3, 0.4) is 0 Å². The van der Waals surface area contributed by atoms with Gasteiger partial charge in [0.05, 0.1) is 16.0 Å². The van der Waals surface area contributed by atoms with Crippen LogP contribution < -0.4 is 10.6 Å². The number of rotatable bonds is 5. The number of ether oxygens (including phenoxy) is 1. The van der Waals surface area contributed by atoms with Crippen LogP contribution in [0.2, 0.25) is 0 Å². The number of hydrogen-bond acceptors (Lipinski definition) is 5. The van der Waals surface area contributed by atoms with Crippen molar-refractivity contribution in [2.45, 2.75) is 45.8 Å². The highest BCUT2D eigenvalue weighted by atomic mass is 16.6. The maximum absolute atomic E-state index is 12.6. The Labute approximate surface area is 156 Å². The zero-order valence-corrected chi connectivity index (χ0v) is 16.0. The fourth-order valence-corrected chi connectivity index (χ4v) is 2.44. The Hall–Kier alpha value is -3.10. The van der Waals surface area contributed by atoms with Gasteiger partial charge < -0.3 is 20.4 Å². The number of carbonyl (C=O) groups is 2. The lowest BCUT2D eigenvalue weighted by molar-refractivity contribution is -0.384. The van der Waals surface area contributed by atoms with Gasteiger partial charge >= 0.3 is 6.09 Å². The first-order valence-corrected chi connectivity index (χ1v) is 8.43. The Morgan fingerprint density at radius 2 is 1.89 bits per heavy atom. The molecule has 3 N–H and O–H groups in total. The van der Waals surface area contributed by atoms with E-state index in [0.29, 0.717) is 16.5 Å². The first-order valence-electron chi connectivity index (χ1n) is 8.43. The van der Waals surface area contributed by atoms with Crippen LogP contribution in [-0.4, -0.2) is 39.6 Å². The first-order chi connectivity index (χ1) is 12.4. The number of aromatic nitrogens is 1. The molecule has 27 heavy (non-hydrogen) atoms. The number of alkyl carbamates (subject to hydrolysis) is 1. The van der Waals surface area contributed by atoms with E-state index in [2.05, 4.69) is 15.6 Å². The summed E-state index contributed by atoms with van der Waals surface area (Å²) in [6.07, 6.45) is 0.925. The van der Waals surface area contributed by atoms with E-state index >= 15 is 0 Å². The van der Waals surface area contributed by atoms with Crippen molar-refractivity contribution in [2.75, 3.05) is 6.54 Å². The summed E-state index contributed by atoms with van der Waals surface area (Å²) < 4.78 is 5.17. The molecule has 2 rings (SSSR count). The summed E-state index contributed by atoms with van der Waals surface area (Å²) in [5.74, 6) is -0.405. The minimum absolute atomic E-state index is 0.0954. The first kappa shape index (κ1) is 20.2. The Morgan fingerprint density at radius 3 is 2.48 bits per heavy atom. The number of H-pyrrole nitrogens is 1. The molecule has 0 saturated carbocycles. The summed E-state index contributed by atoms with van der Waals surface area (Å²) in [6.45, 7) is 8.93. The van der Waals surface area contributed by atoms with Gasteiger partial charge in [-0.15, -0.1) is 0 Å². The summed E-state index contributed by atoms with van der Waals surface area (Å²) >= 11 is 0. The Bertz CT molecular complexity index is 879. The monoisotopic (exact) mass is 376 g/mol. The third-order valence-electron chi connectivity index (χ3n) is 3.65. The molecule has 9 heteroatoms. The van der Waals surface area contributed by atoms with Crippen molar-refractivity contribution < 1.29 is 19.2 Å². The number of nitro benzene ring substituents is 1. The van der Waals surface area contributed by atoms with Gasteiger partial charge in [-0.3, -0.25) is 14.9 Å². The zero-order valence-electron chi connectivity index (χ0n) is 16.0. The average Bonchev–Trinajstić information content (AvgIpc) is 2.94. The summed E-state index contributed by atoms with van der Waals surface area (Å²) in [7, 11) is 0. The van der Waals surface area contributed by atoms with E-state index in [4.69, 9.17) is 4.74 Å². The van der Waals surface area contributed by atoms with Crippen LogP contribution in [0.15, 0.2) is 24.4 Å². The van der Waals surface area contributed by atoms with Crippen LogP contribution in [0.1, 0.15) is 45.0 Å². The number of carbonyl (C=O) groups excluding carboxylic acids is 2. The minimum atomic E-state index is -0.766. The molecule has 1 aromatic carbocycles. The van der Waals surface area contributed by atoms with Crippen molar-refractivity contribution in [1.29, 1.82) is 0 Å². The zero-order chi connectivity index (χ0) is 20.4. The van der Waals surface area contributed by atoms with E-state index in [1.54, 1.807) is 40.7 Å². The third-order valence-corrected chi connectivity index (χ3v) is 3.65. The van der Waals surface area contributed by atoms with Crippen molar-refractivity contribution in [1.82, 2.24) is 15.6 Å². The largest absolute Gasteiger partial charge is 0.444 e. The number of hydrogen-bond donors (Lipinski definition) is 3. The van der Waals surface area contributed by atoms with Crippen LogP contribution in [0.4, 0.5) is 10.5 Å². The molecule has 0 aliphatic carbocycles. The molecule has 0 aliphatic heterocycles. The maximum Gasteiger partial charge on any atom is 0.407 e. The highest BCUT2D eigenvalue weighted by Gasteiger charge is 2.25. The van der Waals surface area contributed by atoms with E-state index in [0.717, 1.165) is 0 Å². The molecule has 0 aliphatic rings. The fourth-order valence-electron chi connectivity index (χ4n) is 2.44. The lowest BCUT2D eigenvalue weighted by Gasteiger charge is -2.27. The highest BCUT2D eigenvalue weighted by molar-refractivity contribution is 6.07. The van der Waals surface area contributed by atoms with Gasteiger partial charge in [0.25, 0.3) is 11.6 Å². The molecule has 0 spiro atoms. The minimum Gasteiger partial charge on any atom is -0.444 e. The van der Waals surface area contributed by atoms with Crippen LogP contribution >= 0.6 is 0 Å². The summed E-state index contributed by atoms with van der Waals surface area (Å²) in [5.41, 5.74) is -0.564. The van der Waals surface area contributed by atoms with Crippen LogP contribution in [0.25, 0.3) is 10.9 Å². The van der Waals surface area contributed by atoms with Gasteiger partial charge in [-0.1, -0.05) is 0 Å². The van der Waals surface area contributed by atoms with Gasteiger partial charge in [-0.25, -0.2) is 4.79 Å².